The number of hydrogen-bond donors (Lipinski definition) is 0. The molecule has 1 aliphatic heterocycles. The van der Waals surface area contributed by atoms with Gasteiger partial charge in [0.05, 0.1) is 17.5 Å². The molecule has 4 atom stereocenters. The van der Waals surface area contributed by atoms with Gasteiger partial charge < -0.3 is 4.74 Å². The first-order valence-corrected chi connectivity index (χ1v) is 11.6. The molecule has 0 unspecified atom stereocenters. The lowest BCUT2D eigenvalue weighted by atomic mass is 9.85. The Hall–Kier alpha value is -3.99. The summed E-state index contributed by atoms with van der Waals surface area (Å²) >= 11 is 0. The molecule has 6 rings (SSSR count). The van der Waals surface area contributed by atoms with Crippen molar-refractivity contribution in [3.8, 4) is 5.75 Å². The van der Waals surface area contributed by atoms with Crippen molar-refractivity contribution in [2.75, 3.05) is 4.90 Å². The van der Waals surface area contributed by atoms with Gasteiger partial charge in [0.1, 0.15) is 11.7 Å². The molecule has 168 valence electrons. The van der Waals surface area contributed by atoms with E-state index in [1.807, 2.05) is 60.7 Å². The topological polar surface area (TPSA) is 63.7 Å². The summed E-state index contributed by atoms with van der Waals surface area (Å²) in [5, 5.41) is 0. The number of imide groups is 1. The summed E-state index contributed by atoms with van der Waals surface area (Å²) in [6.45, 7) is 0. The van der Waals surface area contributed by atoms with E-state index in [2.05, 4.69) is 12.2 Å². The summed E-state index contributed by atoms with van der Waals surface area (Å²) < 4.78 is 5.74. The van der Waals surface area contributed by atoms with E-state index < -0.39 is 11.9 Å². The van der Waals surface area contributed by atoms with Gasteiger partial charge in [-0.1, -0.05) is 72.8 Å². The normalized spacial score (nSPS) is 24.7. The summed E-state index contributed by atoms with van der Waals surface area (Å²) in [7, 11) is 0. The smallest absolute Gasteiger partial charge is 0.323 e. The molecule has 2 aliphatic carbocycles. The Bertz CT molecular complexity index is 1210. The number of rotatable bonds is 5. The first-order chi connectivity index (χ1) is 16.6. The lowest BCUT2D eigenvalue weighted by Gasteiger charge is -2.19. The van der Waals surface area contributed by atoms with Gasteiger partial charge in [-0.2, -0.15) is 0 Å². The van der Waals surface area contributed by atoms with Gasteiger partial charge in [0, 0.05) is 0 Å². The minimum atomic E-state index is -0.564. The number of ether oxygens (including phenoxy) is 1. The average molecular weight is 450 g/mol. The fourth-order valence-corrected chi connectivity index (χ4v) is 5.75. The standard InChI is InChI=1S/C29H23NO4/c31-27-25-20-11-12-21(17-20)26(25)28(32)30(27)22-13-15-23(16-14-22)34-29(33)24(18-7-3-1-4-8-18)19-9-5-2-6-10-19/h1-16,20-21,24-26H,17H2/t20-,21-,25-,26-/m0/s1. The molecule has 1 saturated carbocycles. The highest BCUT2D eigenvalue weighted by Crippen LogP contribution is 2.53. The van der Waals surface area contributed by atoms with Gasteiger partial charge in [-0.15, -0.1) is 0 Å². The van der Waals surface area contributed by atoms with Gasteiger partial charge in [0.2, 0.25) is 11.8 Å². The van der Waals surface area contributed by atoms with Gasteiger partial charge >= 0.3 is 5.97 Å². The molecular formula is C29H23NO4. The van der Waals surface area contributed by atoms with Crippen LogP contribution in [0.1, 0.15) is 23.5 Å². The fraction of sp³-hybridized carbons (Fsp3) is 0.207. The Labute approximate surface area is 197 Å². The highest BCUT2D eigenvalue weighted by Gasteiger charge is 2.59. The van der Waals surface area contributed by atoms with Crippen molar-refractivity contribution in [3.63, 3.8) is 0 Å². The van der Waals surface area contributed by atoms with Gasteiger partial charge in [0.15, 0.2) is 0 Å². The van der Waals surface area contributed by atoms with E-state index in [1.54, 1.807) is 24.3 Å². The summed E-state index contributed by atoms with van der Waals surface area (Å²) in [6, 6.07) is 25.7. The number of nitrogens with zero attached hydrogens (tertiary/aromatic N) is 1. The predicted octanol–water partition coefficient (Wildman–Crippen LogP) is 4.74. The predicted molar refractivity (Wildman–Crippen MR) is 127 cm³/mol. The van der Waals surface area contributed by atoms with Crippen LogP contribution < -0.4 is 9.64 Å². The number of carbonyl (C=O) groups excluding carboxylic acids is 3. The third-order valence-electron chi connectivity index (χ3n) is 7.29. The van der Waals surface area contributed by atoms with Gasteiger partial charge in [-0.25, -0.2) is 0 Å². The lowest BCUT2D eigenvalue weighted by molar-refractivity contribution is -0.135. The molecule has 2 fully saturated rings. The molecule has 2 amide bonds. The van der Waals surface area contributed by atoms with Crippen LogP contribution in [0.3, 0.4) is 0 Å². The molecule has 1 saturated heterocycles. The second-order valence-electron chi connectivity index (χ2n) is 9.18. The maximum atomic E-state index is 13.2. The van der Waals surface area contributed by atoms with E-state index >= 15 is 0 Å². The Morgan fingerprint density at radius 3 is 1.74 bits per heavy atom. The van der Waals surface area contributed by atoms with E-state index in [1.165, 1.54) is 4.90 Å². The Morgan fingerprint density at radius 1 is 0.735 bits per heavy atom. The number of anilines is 1. The first-order valence-electron chi connectivity index (χ1n) is 11.6. The van der Waals surface area contributed by atoms with Crippen molar-refractivity contribution in [3.05, 3.63) is 108 Å². The van der Waals surface area contributed by atoms with E-state index in [-0.39, 0.29) is 35.5 Å². The highest BCUT2D eigenvalue weighted by atomic mass is 16.5. The number of amides is 2. The molecule has 0 N–H and O–H groups in total. The third-order valence-corrected chi connectivity index (χ3v) is 7.29. The van der Waals surface area contributed by atoms with Crippen LogP contribution >= 0.6 is 0 Å². The molecule has 5 nitrogen and oxygen atoms in total. The zero-order chi connectivity index (χ0) is 23.2. The van der Waals surface area contributed by atoms with Crippen molar-refractivity contribution in [2.24, 2.45) is 23.7 Å². The van der Waals surface area contributed by atoms with Crippen LogP contribution in [0, 0.1) is 23.7 Å². The summed E-state index contributed by atoms with van der Waals surface area (Å²) in [5.41, 5.74) is 2.21. The van der Waals surface area contributed by atoms with Crippen LogP contribution in [-0.4, -0.2) is 17.8 Å². The van der Waals surface area contributed by atoms with Crippen LogP contribution in [0.2, 0.25) is 0 Å². The molecule has 5 heteroatoms. The molecule has 3 aliphatic rings. The second-order valence-corrected chi connectivity index (χ2v) is 9.18. The van der Waals surface area contributed by atoms with Crippen molar-refractivity contribution >= 4 is 23.5 Å². The number of hydrogen-bond acceptors (Lipinski definition) is 4. The molecule has 0 aromatic heterocycles. The Morgan fingerprint density at radius 2 is 1.24 bits per heavy atom. The molecular weight excluding hydrogens is 426 g/mol. The third kappa shape index (κ3) is 3.27. The number of fused-ring (bicyclic) bond motifs is 5. The highest BCUT2D eigenvalue weighted by molar-refractivity contribution is 6.22. The van der Waals surface area contributed by atoms with Crippen LogP contribution in [0.15, 0.2) is 97.1 Å². The minimum absolute atomic E-state index is 0.121. The number of esters is 1. The first kappa shape index (κ1) is 20.6. The largest absolute Gasteiger partial charge is 0.426 e. The number of allylic oxidation sites excluding steroid dienone is 2. The van der Waals surface area contributed by atoms with Gasteiger partial charge in [-0.05, 0) is 53.6 Å². The summed E-state index contributed by atoms with van der Waals surface area (Å²) in [6.07, 6.45) is 5.07. The lowest BCUT2D eigenvalue weighted by Crippen LogP contribution is -2.32. The van der Waals surface area contributed by atoms with Crippen LogP contribution in [0.4, 0.5) is 5.69 Å². The molecule has 3 aromatic carbocycles. The van der Waals surface area contributed by atoms with Gasteiger partial charge in [0.25, 0.3) is 0 Å². The average Bonchev–Trinajstić information content (AvgIpc) is 3.55. The van der Waals surface area contributed by atoms with Crippen LogP contribution in [-0.2, 0) is 14.4 Å². The molecule has 0 spiro atoms. The summed E-state index contributed by atoms with van der Waals surface area (Å²) in [4.78, 5) is 40.6. The summed E-state index contributed by atoms with van der Waals surface area (Å²) in [5.74, 6) is -0.965. The fourth-order valence-electron chi connectivity index (χ4n) is 5.75. The molecule has 3 aromatic rings. The van der Waals surface area contributed by atoms with E-state index in [0.29, 0.717) is 11.4 Å². The number of carbonyl (C=O) groups is 3. The van der Waals surface area contributed by atoms with Crippen LogP contribution in [0.5, 0.6) is 5.75 Å². The number of benzene rings is 3. The molecule has 34 heavy (non-hydrogen) atoms. The maximum Gasteiger partial charge on any atom is 0.323 e. The molecule has 0 radical (unpaired) electrons. The minimum Gasteiger partial charge on any atom is -0.426 e. The van der Waals surface area contributed by atoms with E-state index in [0.717, 1.165) is 17.5 Å². The van der Waals surface area contributed by atoms with Crippen molar-refractivity contribution in [1.82, 2.24) is 0 Å². The zero-order valence-electron chi connectivity index (χ0n) is 18.4. The maximum absolute atomic E-state index is 13.2. The molecule has 1 heterocycles. The van der Waals surface area contributed by atoms with Crippen molar-refractivity contribution in [1.29, 1.82) is 0 Å². The second kappa shape index (κ2) is 8.10. The molecule has 2 bridgehead atoms. The van der Waals surface area contributed by atoms with Crippen molar-refractivity contribution in [2.45, 2.75) is 12.3 Å². The Balaban J connectivity index is 1.22. The monoisotopic (exact) mass is 449 g/mol. The van der Waals surface area contributed by atoms with Gasteiger partial charge in [-0.3, -0.25) is 19.3 Å². The van der Waals surface area contributed by atoms with Crippen LogP contribution in [0.25, 0.3) is 0 Å². The SMILES string of the molecule is O=C(Oc1ccc(N2C(=O)[C@@H]3[C@@H](C2=O)[C@H]2C=C[C@H]3C2)cc1)C(c1ccccc1)c1ccccc1. The van der Waals surface area contributed by atoms with Crippen molar-refractivity contribution < 1.29 is 19.1 Å². The van der Waals surface area contributed by atoms with E-state index in [4.69, 9.17) is 4.74 Å². The zero-order valence-corrected chi connectivity index (χ0v) is 18.4. The van der Waals surface area contributed by atoms with E-state index in [9.17, 15) is 14.4 Å². The quantitative estimate of drug-likeness (QED) is 0.244. The Kier molecular flexibility index (Phi) is 4.91.